The topological polar surface area (TPSA) is 89.9 Å². The Morgan fingerprint density at radius 2 is 2.00 bits per heavy atom. The van der Waals surface area contributed by atoms with E-state index < -0.39 is 24.9 Å². The van der Waals surface area contributed by atoms with Gasteiger partial charge in [-0.3, -0.25) is 14.5 Å². The van der Waals surface area contributed by atoms with Crippen LogP contribution in [0.15, 0.2) is 58.9 Å². The van der Waals surface area contributed by atoms with Gasteiger partial charge in [-0.2, -0.15) is 0 Å². The fourth-order valence-electron chi connectivity index (χ4n) is 2.30. The molecule has 0 saturated heterocycles. The van der Waals surface area contributed by atoms with Crippen molar-refractivity contribution in [3.8, 4) is 0 Å². The van der Waals surface area contributed by atoms with Gasteiger partial charge < -0.3 is 15.4 Å². The van der Waals surface area contributed by atoms with E-state index in [0.717, 1.165) is 15.4 Å². The number of carbonyl (C=O) groups is 2. The number of thiophene rings is 1. The van der Waals surface area contributed by atoms with Gasteiger partial charge in [0.25, 0.3) is 5.91 Å². The van der Waals surface area contributed by atoms with Crippen LogP contribution in [-0.4, -0.2) is 41.5 Å². The second-order valence-corrected chi connectivity index (χ2v) is 7.42. The Labute approximate surface area is 164 Å². The molecule has 26 heavy (non-hydrogen) atoms. The highest BCUT2D eigenvalue weighted by molar-refractivity contribution is 9.10. The molecule has 3 N–H and O–H groups in total. The second-order valence-electron chi connectivity index (χ2n) is 5.48. The highest BCUT2D eigenvalue weighted by atomic mass is 79.9. The summed E-state index contributed by atoms with van der Waals surface area (Å²) in [5.41, 5.74) is 0.535. The van der Waals surface area contributed by atoms with E-state index in [0.29, 0.717) is 5.69 Å². The summed E-state index contributed by atoms with van der Waals surface area (Å²) in [4.78, 5) is 26.7. The molecule has 1 atom stereocenters. The van der Waals surface area contributed by atoms with Crippen molar-refractivity contribution in [3.63, 3.8) is 0 Å². The Morgan fingerprint density at radius 1 is 1.31 bits per heavy atom. The number of halogens is 1. The largest absolute Gasteiger partial charge is 0.475 e. The molecule has 0 aliphatic carbocycles. The highest BCUT2D eigenvalue weighted by Gasteiger charge is 2.27. The lowest BCUT2D eigenvalue weighted by molar-refractivity contribution is -0.122. The Kier molecular flexibility index (Phi) is 7.58. The molecule has 0 unspecified atom stereocenters. The van der Waals surface area contributed by atoms with Crippen molar-refractivity contribution in [2.45, 2.75) is 12.4 Å². The molecule has 0 aliphatic heterocycles. The van der Waals surface area contributed by atoms with Crippen LogP contribution in [0.4, 0.5) is 5.69 Å². The molecule has 1 heterocycles. The number of carbonyl (C=O) groups excluding carboxylic acids is 2. The number of anilines is 1. The fourth-order valence-corrected chi connectivity index (χ4v) is 3.33. The lowest BCUT2D eigenvalue weighted by Crippen LogP contribution is -2.51. The first-order chi connectivity index (χ1) is 12.4. The number of nitrogens with zero attached hydrogens (tertiary/aromatic N) is 1. The summed E-state index contributed by atoms with van der Waals surface area (Å²) >= 11 is 4.78. The monoisotopic (exact) mass is 436 g/mol. The minimum atomic E-state index is -1.71. The maximum Gasteiger partial charge on any atom is 0.475 e. The Hall–Kier alpha value is -1.94. The first-order valence-corrected chi connectivity index (χ1v) is 9.45. The van der Waals surface area contributed by atoms with Crippen LogP contribution in [0.25, 0.3) is 0 Å². The van der Waals surface area contributed by atoms with Crippen molar-refractivity contribution in [3.05, 3.63) is 63.8 Å². The van der Waals surface area contributed by atoms with E-state index in [4.69, 9.17) is 0 Å². The average molecular weight is 437 g/mol. The summed E-state index contributed by atoms with van der Waals surface area (Å²) in [6.07, 6.45) is 1.41. The molecule has 0 bridgehead atoms. The molecule has 0 spiro atoms. The maximum atomic E-state index is 12.4. The molecule has 2 rings (SSSR count). The number of rotatable bonds is 8. The van der Waals surface area contributed by atoms with Crippen LogP contribution in [-0.2, 0) is 16.0 Å². The molecule has 2 amide bonds. The van der Waals surface area contributed by atoms with Gasteiger partial charge in [-0.25, -0.2) is 0 Å². The molecule has 1 aromatic carbocycles. The summed E-state index contributed by atoms with van der Waals surface area (Å²) < 4.78 is 0.844. The third-order valence-electron chi connectivity index (χ3n) is 3.59. The van der Waals surface area contributed by atoms with Crippen molar-refractivity contribution >= 4 is 51.9 Å². The summed E-state index contributed by atoms with van der Waals surface area (Å²) in [6, 6.07) is 10.6. The minimum absolute atomic E-state index is 0.264. The van der Waals surface area contributed by atoms with Gasteiger partial charge in [-0.1, -0.05) is 28.6 Å². The van der Waals surface area contributed by atoms with Crippen LogP contribution in [0.1, 0.15) is 4.88 Å². The van der Waals surface area contributed by atoms with E-state index in [1.54, 1.807) is 24.3 Å². The van der Waals surface area contributed by atoms with Gasteiger partial charge in [0.15, 0.2) is 0 Å². The summed E-state index contributed by atoms with van der Waals surface area (Å²) in [6.45, 7) is 3.20. The Balaban J connectivity index is 2.08. The zero-order chi connectivity index (χ0) is 19.1. The minimum Gasteiger partial charge on any atom is -0.426 e. The van der Waals surface area contributed by atoms with Gasteiger partial charge in [0.05, 0.1) is 5.94 Å². The molecule has 2 aromatic rings. The standard InChI is InChI=1S/C17H18BBrN2O4S/c1-2-17(23)21(13-7-5-12(19)6-8-13)11-16(22)20-15(18(24)25)10-14-4-3-9-26-14/h2-9,15,24-25H,1,10-11H2,(H,20,22)/t15-/m0/s1. The number of benzene rings is 1. The Morgan fingerprint density at radius 3 is 2.54 bits per heavy atom. The maximum absolute atomic E-state index is 12.4. The molecule has 9 heteroatoms. The van der Waals surface area contributed by atoms with Crippen LogP contribution in [0, 0.1) is 0 Å². The zero-order valence-corrected chi connectivity index (χ0v) is 16.2. The average Bonchev–Trinajstić information content (AvgIpc) is 3.12. The van der Waals surface area contributed by atoms with Crippen LogP contribution < -0.4 is 10.2 Å². The third kappa shape index (κ3) is 5.81. The quantitative estimate of drug-likeness (QED) is 0.434. The SMILES string of the molecule is C=CC(=O)N(CC(=O)N[C@@H](Cc1cccs1)B(O)O)c1ccc(Br)cc1. The van der Waals surface area contributed by atoms with Gasteiger partial charge in [0.2, 0.25) is 5.91 Å². The van der Waals surface area contributed by atoms with E-state index in [9.17, 15) is 19.6 Å². The van der Waals surface area contributed by atoms with Crippen molar-refractivity contribution < 1.29 is 19.6 Å². The normalized spacial score (nSPS) is 11.5. The van der Waals surface area contributed by atoms with Crippen molar-refractivity contribution in [2.24, 2.45) is 0 Å². The molecular weight excluding hydrogens is 419 g/mol. The number of amides is 2. The molecule has 136 valence electrons. The van der Waals surface area contributed by atoms with E-state index in [-0.39, 0.29) is 13.0 Å². The molecule has 0 radical (unpaired) electrons. The molecule has 6 nitrogen and oxygen atoms in total. The van der Waals surface area contributed by atoms with Gasteiger partial charge in [0, 0.05) is 21.5 Å². The van der Waals surface area contributed by atoms with Crippen LogP contribution in [0.5, 0.6) is 0 Å². The van der Waals surface area contributed by atoms with Crippen LogP contribution in [0.2, 0.25) is 0 Å². The summed E-state index contributed by atoms with van der Waals surface area (Å²) in [5.74, 6) is -1.80. The third-order valence-corrected chi connectivity index (χ3v) is 5.02. The van der Waals surface area contributed by atoms with Crippen molar-refractivity contribution in [1.29, 1.82) is 0 Å². The molecular formula is C17H18BBrN2O4S. The number of nitrogens with one attached hydrogen (secondary N) is 1. The number of hydrogen-bond donors (Lipinski definition) is 3. The van der Waals surface area contributed by atoms with Crippen molar-refractivity contribution in [2.75, 3.05) is 11.4 Å². The van der Waals surface area contributed by atoms with Crippen molar-refractivity contribution in [1.82, 2.24) is 5.32 Å². The van der Waals surface area contributed by atoms with E-state index in [1.165, 1.54) is 16.2 Å². The van der Waals surface area contributed by atoms with Gasteiger partial charge >= 0.3 is 7.12 Å². The van der Waals surface area contributed by atoms with Crippen LogP contribution >= 0.6 is 27.3 Å². The predicted molar refractivity (Wildman–Crippen MR) is 107 cm³/mol. The fraction of sp³-hybridized carbons (Fsp3) is 0.176. The Bertz CT molecular complexity index is 753. The molecule has 0 aliphatic rings. The lowest BCUT2D eigenvalue weighted by atomic mass is 9.77. The molecule has 1 aromatic heterocycles. The predicted octanol–water partition coefficient (Wildman–Crippen LogP) is 1.77. The lowest BCUT2D eigenvalue weighted by Gasteiger charge is -2.23. The van der Waals surface area contributed by atoms with E-state index >= 15 is 0 Å². The van der Waals surface area contributed by atoms with E-state index in [1.807, 2.05) is 17.5 Å². The van der Waals surface area contributed by atoms with Gasteiger partial charge in [-0.05, 0) is 41.8 Å². The highest BCUT2D eigenvalue weighted by Crippen LogP contribution is 2.19. The zero-order valence-electron chi connectivity index (χ0n) is 13.8. The number of hydrogen-bond acceptors (Lipinski definition) is 5. The first kappa shape index (κ1) is 20.4. The first-order valence-electron chi connectivity index (χ1n) is 7.78. The molecule has 0 fully saturated rings. The molecule has 0 saturated carbocycles. The smallest absolute Gasteiger partial charge is 0.426 e. The summed E-state index contributed by atoms with van der Waals surface area (Å²) in [7, 11) is -1.71. The van der Waals surface area contributed by atoms with Crippen LogP contribution in [0.3, 0.4) is 0 Å². The second kappa shape index (κ2) is 9.68. The van der Waals surface area contributed by atoms with Gasteiger partial charge in [-0.15, -0.1) is 11.3 Å². The summed E-state index contributed by atoms with van der Waals surface area (Å²) in [5, 5.41) is 23.5. The van der Waals surface area contributed by atoms with E-state index in [2.05, 4.69) is 27.8 Å². The van der Waals surface area contributed by atoms with Gasteiger partial charge in [0.1, 0.15) is 6.54 Å².